The van der Waals surface area contributed by atoms with Crippen molar-refractivity contribution in [3.63, 3.8) is 0 Å². The second-order valence-corrected chi connectivity index (χ2v) is 5.12. The number of aromatic nitrogens is 2. The smallest absolute Gasteiger partial charge is 0.410 e. The number of carbonyl (C=O) groups excluding carboxylic acids is 1. The monoisotopic (exact) mass is 277 g/mol. The molecule has 3 rings (SSSR count). The number of hydrogen-bond donors (Lipinski definition) is 0. The first-order valence-electron chi connectivity index (χ1n) is 6.90. The van der Waals surface area contributed by atoms with Crippen LogP contribution in [0.3, 0.4) is 0 Å². The number of nitrogens with zero attached hydrogens (tertiary/aromatic N) is 5. The van der Waals surface area contributed by atoms with Crippen LogP contribution in [0, 0.1) is 0 Å². The highest BCUT2D eigenvalue weighted by atomic mass is 16.6. The number of cyclic esters (lactones) is 1. The largest absolute Gasteiger partial charge is 0.447 e. The number of amides is 1. The van der Waals surface area contributed by atoms with Gasteiger partial charge in [0.2, 0.25) is 0 Å². The van der Waals surface area contributed by atoms with Crippen molar-refractivity contribution in [1.82, 2.24) is 14.9 Å². The quantitative estimate of drug-likeness (QED) is 0.805. The summed E-state index contributed by atoms with van der Waals surface area (Å²) in [7, 11) is 2.01. The lowest BCUT2D eigenvalue weighted by atomic mass is 10.2. The Morgan fingerprint density at radius 2 is 2.30 bits per heavy atom. The van der Waals surface area contributed by atoms with Gasteiger partial charge in [-0.05, 0) is 6.92 Å². The maximum Gasteiger partial charge on any atom is 0.410 e. The Kier molecular flexibility index (Phi) is 3.33. The Labute approximate surface area is 118 Å². The Bertz CT molecular complexity index is 509. The van der Waals surface area contributed by atoms with Crippen LogP contribution >= 0.6 is 0 Å². The Morgan fingerprint density at radius 1 is 1.45 bits per heavy atom. The van der Waals surface area contributed by atoms with E-state index in [9.17, 15) is 4.79 Å². The molecule has 7 heteroatoms. The molecule has 7 nitrogen and oxygen atoms in total. The minimum atomic E-state index is -0.191. The molecular formula is C13H19N5O2. The minimum Gasteiger partial charge on any atom is -0.447 e. The molecule has 1 unspecified atom stereocenters. The Balaban J connectivity index is 1.75. The van der Waals surface area contributed by atoms with E-state index in [4.69, 9.17) is 4.74 Å². The molecule has 0 saturated carbocycles. The highest BCUT2D eigenvalue weighted by Crippen LogP contribution is 2.23. The molecule has 2 aliphatic heterocycles. The van der Waals surface area contributed by atoms with Crippen molar-refractivity contribution in [2.45, 2.75) is 13.0 Å². The van der Waals surface area contributed by atoms with E-state index >= 15 is 0 Å². The molecule has 1 atom stereocenters. The molecule has 2 fully saturated rings. The molecule has 2 aliphatic rings. The summed E-state index contributed by atoms with van der Waals surface area (Å²) < 4.78 is 5.08. The van der Waals surface area contributed by atoms with E-state index in [-0.39, 0.29) is 12.1 Å². The standard InChI is InChI=1S/C13H19N5O2/c1-3-16(2)11-6-12(15-9-14-11)17-4-5-18-10(7-17)8-20-13(18)19/h6,9-10H,3-5,7-8H2,1-2H3. The van der Waals surface area contributed by atoms with Gasteiger partial charge in [0.05, 0.1) is 6.04 Å². The van der Waals surface area contributed by atoms with Gasteiger partial charge in [-0.1, -0.05) is 0 Å². The van der Waals surface area contributed by atoms with Crippen LogP contribution in [-0.2, 0) is 4.74 Å². The molecule has 1 amide bonds. The van der Waals surface area contributed by atoms with Gasteiger partial charge in [-0.25, -0.2) is 14.8 Å². The van der Waals surface area contributed by atoms with Gasteiger partial charge in [-0.2, -0.15) is 0 Å². The molecule has 0 radical (unpaired) electrons. The van der Waals surface area contributed by atoms with E-state index in [1.165, 1.54) is 0 Å². The molecule has 0 bridgehead atoms. The first-order chi connectivity index (χ1) is 9.69. The number of rotatable bonds is 3. The summed E-state index contributed by atoms with van der Waals surface area (Å²) in [5.41, 5.74) is 0. The predicted octanol–water partition coefficient (Wildman–Crippen LogP) is 0.573. The lowest BCUT2D eigenvalue weighted by Crippen LogP contribution is -2.52. The zero-order chi connectivity index (χ0) is 14.1. The fraction of sp³-hybridized carbons (Fsp3) is 0.615. The fourth-order valence-electron chi connectivity index (χ4n) is 2.58. The molecule has 3 heterocycles. The molecule has 0 spiro atoms. The maximum absolute atomic E-state index is 11.5. The molecule has 1 aromatic heterocycles. The molecular weight excluding hydrogens is 258 g/mol. The third kappa shape index (κ3) is 2.23. The highest BCUT2D eigenvalue weighted by Gasteiger charge is 2.37. The van der Waals surface area contributed by atoms with Crippen LogP contribution in [0.2, 0.25) is 0 Å². The van der Waals surface area contributed by atoms with Gasteiger partial charge in [0.25, 0.3) is 0 Å². The lowest BCUT2D eigenvalue weighted by Gasteiger charge is -2.36. The van der Waals surface area contributed by atoms with Crippen LogP contribution in [0.5, 0.6) is 0 Å². The van der Waals surface area contributed by atoms with Gasteiger partial charge < -0.3 is 14.5 Å². The molecule has 108 valence electrons. The van der Waals surface area contributed by atoms with E-state index in [2.05, 4.69) is 26.7 Å². The zero-order valence-electron chi connectivity index (χ0n) is 11.8. The third-order valence-electron chi connectivity index (χ3n) is 3.94. The van der Waals surface area contributed by atoms with Gasteiger partial charge in [0.15, 0.2) is 0 Å². The minimum absolute atomic E-state index is 0.138. The average molecular weight is 277 g/mol. The maximum atomic E-state index is 11.5. The highest BCUT2D eigenvalue weighted by molar-refractivity contribution is 5.70. The van der Waals surface area contributed by atoms with E-state index < -0.39 is 0 Å². The SMILES string of the molecule is CCN(C)c1cc(N2CCN3C(=O)OCC3C2)ncn1. The lowest BCUT2D eigenvalue weighted by molar-refractivity contribution is 0.157. The number of piperazine rings is 1. The molecule has 0 aromatic carbocycles. The van der Waals surface area contributed by atoms with Gasteiger partial charge in [0, 0.05) is 39.3 Å². The number of hydrogen-bond acceptors (Lipinski definition) is 6. The van der Waals surface area contributed by atoms with Crippen LogP contribution in [0.1, 0.15) is 6.92 Å². The first kappa shape index (κ1) is 13.0. The number of fused-ring (bicyclic) bond motifs is 1. The van der Waals surface area contributed by atoms with Crippen LogP contribution in [0.25, 0.3) is 0 Å². The van der Waals surface area contributed by atoms with Crippen molar-refractivity contribution in [3.05, 3.63) is 12.4 Å². The summed E-state index contributed by atoms with van der Waals surface area (Å²) >= 11 is 0. The van der Waals surface area contributed by atoms with E-state index in [1.807, 2.05) is 13.1 Å². The second-order valence-electron chi connectivity index (χ2n) is 5.12. The summed E-state index contributed by atoms with van der Waals surface area (Å²) in [5.74, 6) is 1.83. The van der Waals surface area contributed by atoms with Gasteiger partial charge in [-0.15, -0.1) is 0 Å². The van der Waals surface area contributed by atoms with E-state index in [0.29, 0.717) is 13.2 Å². The zero-order valence-corrected chi connectivity index (χ0v) is 11.8. The normalized spacial score (nSPS) is 21.7. The van der Waals surface area contributed by atoms with Crippen LogP contribution in [0.4, 0.5) is 16.4 Å². The number of carbonyl (C=O) groups is 1. The van der Waals surface area contributed by atoms with Crippen LogP contribution < -0.4 is 9.80 Å². The summed E-state index contributed by atoms with van der Waals surface area (Å²) in [6, 6.07) is 2.13. The fourth-order valence-corrected chi connectivity index (χ4v) is 2.58. The summed E-state index contributed by atoms with van der Waals surface area (Å²) in [5, 5.41) is 0. The van der Waals surface area contributed by atoms with Crippen molar-refractivity contribution in [2.75, 3.05) is 49.6 Å². The first-order valence-corrected chi connectivity index (χ1v) is 6.90. The van der Waals surface area contributed by atoms with Crippen molar-refractivity contribution in [1.29, 1.82) is 0 Å². The van der Waals surface area contributed by atoms with E-state index in [0.717, 1.165) is 31.3 Å². The predicted molar refractivity (Wildman–Crippen MR) is 75.0 cm³/mol. The second kappa shape index (κ2) is 5.15. The molecule has 1 aromatic rings. The van der Waals surface area contributed by atoms with E-state index in [1.54, 1.807) is 11.2 Å². The summed E-state index contributed by atoms with van der Waals surface area (Å²) in [6.45, 7) is 5.68. The van der Waals surface area contributed by atoms with Crippen LogP contribution in [-0.4, -0.2) is 66.8 Å². The number of ether oxygens (including phenoxy) is 1. The average Bonchev–Trinajstić information content (AvgIpc) is 2.87. The molecule has 0 aliphatic carbocycles. The van der Waals surface area contributed by atoms with Gasteiger partial charge in [-0.3, -0.25) is 4.90 Å². The van der Waals surface area contributed by atoms with Gasteiger partial charge in [0.1, 0.15) is 24.6 Å². The summed E-state index contributed by atoms with van der Waals surface area (Å²) in [6.07, 6.45) is 1.41. The molecule has 2 saturated heterocycles. The van der Waals surface area contributed by atoms with Gasteiger partial charge >= 0.3 is 6.09 Å². The van der Waals surface area contributed by atoms with Crippen molar-refractivity contribution in [2.24, 2.45) is 0 Å². The Hall–Kier alpha value is -2.05. The van der Waals surface area contributed by atoms with Crippen molar-refractivity contribution >= 4 is 17.7 Å². The molecule has 20 heavy (non-hydrogen) atoms. The topological polar surface area (TPSA) is 61.8 Å². The Morgan fingerprint density at radius 3 is 3.10 bits per heavy atom. The van der Waals surface area contributed by atoms with Crippen molar-refractivity contribution < 1.29 is 9.53 Å². The van der Waals surface area contributed by atoms with Crippen molar-refractivity contribution in [3.8, 4) is 0 Å². The van der Waals surface area contributed by atoms with Crippen LogP contribution in [0.15, 0.2) is 12.4 Å². The summed E-state index contributed by atoms with van der Waals surface area (Å²) in [4.78, 5) is 26.2. The third-order valence-corrected chi connectivity index (χ3v) is 3.94. The number of anilines is 2. The molecule has 0 N–H and O–H groups in total.